The summed E-state index contributed by atoms with van der Waals surface area (Å²) in [5, 5.41) is 6.37. The summed E-state index contributed by atoms with van der Waals surface area (Å²) in [6.45, 7) is 3.97. The Kier molecular flexibility index (Phi) is 6.35. The first-order valence-corrected chi connectivity index (χ1v) is 8.98. The van der Waals surface area contributed by atoms with Crippen LogP contribution >= 0.6 is 0 Å². The van der Waals surface area contributed by atoms with Gasteiger partial charge in [0.05, 0.1) is 19.8 Å². The highest BCUT2D eigenvalue weighted by Gasteiger charge is 2.11. The number of hydrogen-bond acceptors (Lipinski definition) is 4. The molecule has 0 amide bonds. The molecular weight excluding hydrogens is 349 g/mol. The summed E-state index contributed by atoms with van der Waals surface area (Å²) in [4.78, 5) is 4.20. The van der Waals surface area contributed by atoms with Crippen LogP contribution in [0, 0.1) is 5.82 Å². The second kappa shape index (κ2) is 9.12. The Morgan fingerprint density at radius 2 is 1.96 bits per heavy atom. The molecule has 2 N–H and O–H groups in total. The molecule has 0 radical (unpaired) electrons. The van der Waals surface area contributed by atoms with Gasteiger partial charge in [-0.1, -0.05) is 6.07 Å². The zero-order valence-electron chi connectivity index (χ0n) is 15.5. The van der Waals surface area contributed by atoms with E-state index in [2.05, 4.69) is 15.6 Å². The van der Waals surface area contributed by atoms with E-state index < -0.39 is 0 Å². The third kappa shape index (κ3) is 5.03. The van der Waals surface area contributed by atoms with Gasteiger partial charge >= 0.3 is 0 Å². The summed E-state index contributed by atoms with van der Waals surface area (Å²) in [6, 6.07) is 10.6. The minimum absolute atomic E-state index is 0.260. The largest absolute Gasteiger partial charge is 0.491 e. The molecule has 27 heavy (non-hydrogen) atoms. The van der Waals surface area contributed by atoms with Crippen LogP contribution in [0.5, 0.6) is 17.2 Å². The van der Waals surface area contributed by atoms with Crippen molar-refractivity contribution >= 4 is 11.6 Å². The molecule has 6 nitrogen and oxygen atoms in total. The maximum Gasteiger partial charge on any atom is 0.195 e. The van der Waals surface area contributed by atoms with Crippen LogP contribution < -0.4 is 24.8 Å². The molecule has 2 aromatic rings. The van der Waals surface area contributed by atoms with Crippen molar-refractivity contribution in [2.24, 2.45) is 4.99 Å². The van der Waals surface area contributed by atoms with Gasteiger partial charge in [-0.05, 0) is 36.8 Å². The van der Waals surface area contributed by atoms with E-state index in [-0.39, 0.29) is 11.6 Å². The number of nitrogens with one attached hydrogen (secondary N) is 2. The van der Waals surface area contributed by atoms with Gasteiger partial charge < -0.3 is 24.8 Å². The SMILES string of the molecule is CCOc1ccc(CNC(=NC)Nc2ccc3c(c2)OCCCO3)cc1F. The van der Waals surface area contributed by atoms with Crippen LogP contribution in [0.25, 0.3) is 0 Å². The van der Waals surface area contributed by atoms with Crippen LogP contribution in [0.3, 0.4) is 0 Å². The van der Waals surface area contributed by atoms with Crippen LogP contribution in [-0.2, 0) is 6.54 Å². The average Bonchev–Trinajstić information content (AvgIpc) is 2.92. The Balaban J connectivity index is 1.61. The average molecular weight is 373 g/mol. The van der Waals surface area contributed by atoms with Gasteiger partial charge in [0.15, 0.2) is 29.0 Å². The minimum atomic E-state index is -0.373. The topological polar surface area (TPSA) is 64.1 Å². The van der Waals surface area contributed by atoms with Gasteiger partial charge in [-0.2, -0.15) is 0 Å². The molecule has 0 aliphatic carbocycles. The second-order valence-electron chi connectivity index (χ2n) is 5.96. The number of hydrogen-bond donors (Lipinski definition) is 2. The molecule has 0 fully saturated rings. The quantitative estimate of drug-likeness (QED) is 0.620. The molecule has 1 aliphatic rings. The standard InChI is InChI=1S/C20H24FN3O3/c1-3-25-17-7-5-14(11-16(17)21)13-23-20(22-2)24-15-6-8-18-19(12-15)27-10-4-9-26-18/h5-8,11-12H,3-4,9-10,13H2,1-2H3,(H2,22,23,24). The Hall–Kier alpha value is -2.96. The molecule has 144 valence electrons. The lowest BCUT2D eigenvalue weighted by Crippen LogP contribution is -2.30. The molecule has 1 aliphatic heterocycles. The molecule has 0 atom stereocenters. The summed E-state index contributed by atoms with van der Waals surface area (Å²) in [7, 11) is 1.68. The fraction of sp³-hybridized carbons (Fsp3) is 0.350. The fourth-order valence-electron chi connectivity index (χ4n) is 2.67. The highest BCUT2D eigenvalue weighted by molar-refractivity contribution is 5.93. The van der Waals surface area contributed by atoms with Gasteiger partial charge in [-0.15, -0.1) is 0 Å². The first-order valence-electron chi connectivity index (χ1n) is 8.98. The van der Waals surface area contributed by atoms with Crippen molar-refractivity contribution in [2.75, 3.05) is 32.2 Å². The normalized spacial score (nSPS) is 13.7. The van der Waals surface area contributed by atoms with Gasteiger partial charge in [0.2, 0.25) is 0 Å². The number of halogens is 1. The molecule has 2 aromatic carbocycles. The number of aliphatic imine (C=N–C) groups is 1. The lowest BCUT2D eigenvalue weighted by atomic mass is 10.2. The maximum absolute atomic E-state index is 14.0. The van der Waals surface area contributed by atoms with Crippen molar-refractivity contribution in [3.05, 3.63) is 47.8 Å². The third-order valence-electron chi connectivity index (χ3n) is 3.99. The van der Waals surface area contributed by atoms with Gasteiger partial charge in [0.1, 0.15) is 0 Å². The summed E-state index contributed by atoms with van der Waals surface area (Å²) >= 11 is 0. The minimum Gasteiger partial charge on any atom is -0.491 e. The van der Waals surface area contributed by atoms with E-state index in [0.717, 1.165) is 23.4 Å². The second-order valence-corrected chi connectivity index (χ2v) is 5.96. The highest BCUT2D eigenvalue weighted by Crippen LogP contribution is 2.32. The van der Waals surface area contributed by atoms with E-state index in [1.54, 1.807) is 13.1 Å². The Morgan fingerprint density at radius 3 is 2.70 bits per heavy atom. The van der Waals surface area contributed by atoms with E-state index in [9.17, 15) is 4.39 Å². The molecule has 0 aromatic heterocycles. The van der Waals surface area contributed by atoms with Crippen LogP contribution in [0.4, 0.5) is 10.1 Å². The summed E-state index contributed by atoms with van der Waals surface area (Å²) < 4.78 is 30.5. The molecule has 0 spiro atoms. The molecular formula is C20H24FN3O3. The Bertz CT molecular complexity index is 811. The van der Waals surface area contributed by atoms with Crippen molar-refractivity contribution < 1.29 is 18.6 Å². The molecule has 0 bridgehead atoms. The first-order chi connectivity index (χ1) is 13.2. The van der Waals surface area contributed by atoms with Gasteiger partial charge in [-0.3, -0.25) is 4.99 Å². The number of guanidine groups is 1. The van der Waals surface area contributed by atoms with Gasteiger partial charge in [-0.25, -0.2) is 4.39 Å². The molecule has 0 saturated heterocycles. The van der Waals surface area contributed by atoms with Crippen LogP contribution in [0.15, 0.2) is 41.4 Å². The summed E-state index contributed by atoms with van der Waals surface area (Å²) in [5.41, 5.74) is 1.61. The predicted octanol–water partition coefficient (Wildman–Crippen LogP) is 3.57. The first kappa shape index (κ1) is 18.8. The van der Waals surface area contributed by atoms with E-state index >= 15 is 0 Å². The van der Waals surface area contributed by atoms with Crippen LogP contribution in [-0.4, -0.2) is 32.8 Å². The van der Waals surface area contributed by atoms with E-state index in [4.69, 9.17) is 14.2 Å². The van der Waals surface area contributed by atoms with E-state index in [1.807, 2.05) is 31.2 Å². The highest BCUT2D eigenvalue weighted by atomic mass is 19.1. The monoisotopic (exact) mass is 373 g/mol. The number of nitrogens with zero attached hydrogens (tertiary/aromatic N) is 1. The Morgan fingerprint density at radius 1 is 1.15 bits per heavy atom. The molecule has 0 saturated carbocycles. The zero-order valence-corrected chi connectivity index (χ0v) is 15.5. The lowest BCUT2D eigenvalue weighted by Gasteiger charge is -2.14. The van der Waals surface area contributed by atoms with Gasteiger partial charge in [0, 0.05) is 31.8 Å². The smallest absolute Gasteiger partial charge is 0.195 e. The molecule has 1 heterocycles. The van der Waals surface area contributed by atoms with Crippen molar-refractivity contribution in [3.63, 3.8) is 0 Å². The summed E-state index contributed by atoms with van der Waals surface area (Å²) in [6.07, 6.45) is 0.860. The van der Waals surface area contributed by atoms with Crippen LogP contribution in [0.1, 0.15) is 18.9 Å². The third-order valence-corrected chi connectivity index (χ3v) is 3.99. The zero-order chi connectivity index (χ0) is 19.1. The molecule has 3 rings (SSSR count). The van der Waals surface area contributed by atoms with Crippen molar-refractivity contribution in [1.29, 1.82) is 0 Å². The van der Waals surface area contributed by atoms with Crippen LogP contribution in [0.2, 0.25) is 0 Å². The fourth-order valence-corrected chi connectivity index (χ4v) is 2.67. The number of rotatable bonds is 5. The summed E-state index contributed by atoms with van der Waals surface area (Å²) in [5.74, 6) is 1.91. The van der Waals surface area contributed by atoms with Crippen molar-refractivity contribution in [1.82, 2.24) is 5.32 Å². The predicted molar refractivity (Wildman–Crippen MR) is 103 cm³/mol. The number of benzene rings is 2. The lowest BCUT2D eigenvalue weighted by molar-refractivity contribution is 0.297. The number of fused-ring (bicyclic) bond motifs is 1. The molecule has 0 unspecified atom stereocenters. The number of anilines is 1. The van der Waals surface area contributed by atoms with E-state index in [1.165, 1.54) is 6.07 Å². The Labute approximate surface area is 158 Å². The van der Waals surface area contributed by atoms with Gasteiger partial charge in [0.25, 0.3) is 0 Å². The number of ether oxygens (including phenoxy) is 3. The maximum atomic E-state index is 14.0. The molecule has 7 heteroatoms. The van der Waals surface area contributed by atoms with Crippen molar-refractivity contribution in [3.8, 4) is 17.2 Å². The van der Waals surface area contributed by atoms with E-state index in [0.29, 0.717) is 38.1 Å². The van der Waals surface area contributed by atoms with Crippen molar-refractivity contribution in [2.45, 2.75) is 19.9 Å².